The van der Waals surface area contributed by atoms with Crippen molar-refractivity contribution in [1.29, 1.82) is 0 Å². The van der Waals surface area contributed by atoms with Gasteiger partial charge in [-0.15, -0.1) is 11.8 Å². The van der Waals surface area contributed by atoms with Crippen molar-refractivity contribution in [1.82, 2.24) is 26.2 Å². The normalized spacial score (nSPS) is 16.7. The number of aliphatic carboxylic acids is 2. The number of carboxylic acids is 2. The van der Waals surface area contributed by atoms with Crippen molar-refractivity contribution in [3.8, 4) is 0 Å². The molecule has 1 aliphatic rings. The Morgan fingerprint density at radius 3 is 2.13 bits per heavy atom. The molecule has 0 bridgehead atoms. The Labute approximate surface area is 274 Å². The lowest BCUT2D eigenvalue weighted by atomic mass is 10.1. The molecule has 0 saturated carbocycles. The summed E-state index contributed by atoms with van der Waals surface area (Å²) in [5, 5.41) is 27.0. The zero-order chi connectivity index (χ0) is 35.7. The molecule has 5 atom stereocenters. The highest BCUT2D eigenvalue weighted by Gasteiger charge is 2.37. The quantitative estimate of drug-likeness (QED) is 0.0221. The molecule has 0 aromatic rings. The van der Waals surface area contributed by atoms with Crippen molar-refractivity contribution in [2.75, 3.05) is 32.4 Å². The van der Waals surface area contributed by atoms with E-state index in [1.54, 1.807) is 0 Å². The van der Waals surface area contributed by atoms with Gasteiger partial charge in [0, 0.05) is 25.8 Å². The SMILES string of the molecule is CN1C(=O)CC(SC[C@H](N)C(=O)N[C@@H](CCCN=C(N)N)C(=O)NCC(=O)N[C@@H](CC(=O)O)C(=O)N[C@@H](CCCCN)C(=O)O)C1=O. The van der Waals surface area contributed by atoms with E-state index in [9.17, 15) is 48.6 Å². The number of imide groups is 1. The third kappa shape index (κ3) is 15.1. The van der Waals surface area contributed by atoms with Crippen LogP contribution >= 0.6 is 11.8 Å². The van der Waals surface area contributed by atoms with Crippen molar-refractivity contribution in [2.24, 2.45) is 27.9 Å². The molecule has 264 valence electrons. The number of nitrogens with two attached hydrogens (primary N) is 4. The van der Waals surface area contributed by atoms with E-state index < -0.39 is 83.9 Å². The minimum atomic E-state index is -1.67. The first-order valence-corrected chi connectivity index (χ1v) is 15.7. The topological polar surface area (TPSA) is 345 Å². The molecule has 1 saturated heterocycles. The predicted molar refractivity (Wildman–Crippen MR) is 168 cm³/mol. The van der Waals surface area contributed by atoms with Crippen molar-refractivity contribution in [3.63, 3.8) is 0 Å². The van der Waals surface area contributed by atoms with Gasteiger partial charge >= 0.3 is 11.9 Å². The van der Waals surface area contributed by atoms with Gasteiger partial charge in [-0.2, -0.15) is 0 Å². The Morgan fingerprint density at radius 1 is 0.936 bits per heavy atom. The average Bonchev–Trinajstić information content (AvgIpc) is 3.24. The van der Waals surface area contributed by atoms with E-state index in [0.29, 0.717) is 19.4 Å². The van der Waals surface area contributed by atoms with Crippen molar-refractivity contribution >= 4 is 65.1 Å². The van der Waals surface area contributed by atoms with Crippen LogP contribution in [0.2, 0.25) is 0 Å². The first-order valence-electron chi connectivity index (χ1n) is 14.6. The molecule has 1 rings (SSSR count). The molecule has 1 heterocycles. The number of nitrogens with zero attached hydrogens (tertiary/aromatic N) is 2. The van der Waals surface area contributed by atoms with Gasteiger partial charge in [0.2, 0.25) is 35.4 Å². The number of thioether (sulfide) groups is 1. The molecule has 14 N–H and O–H groups in total. The number of carbonyl (C=O) groups excluding carboxylic acids is 6. The molecule has 0 spiro atoms. The maximum Gasteiger partial charge on any atom is 0.326 e. The number of rotatable bonds is 22. The predicted octanol–water partition coefficient (Wildman–Crippen LogP) is -4.88. The van der Waals surface area contributed by atoms with E-state index in [2.05, 4.69) is 26.3 Å². The highest BCUT2D eigenvalue weighted by atomic mass is 32.2. The number of unbranched alkanes of at least 4 members (excludes halogenated alkanes) is 1. The van der Waals surface area contributed by atoms with Gasteiger partial charge in [0.1, 0.15) is 18.1 Å². The van der Waals surface area contributed by atoms with Crippen LogP contribution in [0.4, 0.5) is 0 Å². The van der Waals surface area contributed by atoms with Crippen LogP contribution in [0.1, 0.15) is 44.9 Å². The minimum absolute atomic E-state index is 0.00101. The van der Waals surface area contributed by atoms with E-state index in [0.717, 1.165) is 16.7 Å². The highest BCUT2D eigenvalue weighted by Crippen LogP contribution is 2.24. The zero-order valence-corrected chi connectivity index (χ0v) is 26.8. The maximum atomic E-state index is 13.0. The monoisotopic (exact) mass is 688 g/mol. The van der Waals surface area contributed by atoms with E-state index in [4.69, 9.17) is 22.9 Å². The van der Waals surface area contributed by atoms with Gasteiger partial charge in [0.15, 0.2) is 5.96 Å². The molecule has 47 heavy (non-hydrogen) atoms. The number of carbonyl (C=O) groups is 8. The zero-order valence-electron chi connectivity index (χ0n) is 25.9. The van der Waals surface area contributed by atoms with Crippen molar-refractivity contribution in [2.45, 2.75) is 74.4 Å². The van der Waals surface area contributed by atoms with E-state index in [1.165, 1.54) is 7.05 Å². The van der Waals surface area contributed by atoms with Crippen LogP contribution in [0.5, 0.6) is 0 Å². The third-order valence-electron chi connectivity index (χ3n) is 6.75. The summed E-state index contributed by atoms with van der Waals surface area (Å²) in [5.41, 5.74) is 22.0. The van der Waals surface area contributed by atoms with Crippen LogP contribution < -0.4 is 44.2 Å². The summed E-state index contributed by atoms with van der Waals surface area (Å²) in [7, 11) is 1.35. The first kappa shape index (κ1) is 40.5. The fraction of sp³-hybridized carbons (Fsp3) is 0.654. The van der Waals surface area contributed by atoms with Gasteiger partial charge < -0.3 is 54.4 Å². The molecule has 21 heteroatoms. The van der Waals surface area contributed by atoms with E-state index in [1.807, 2.05) is 0 Å². The van der Waals surface area contributed by atoms with Gasteiger partial charge in [0.05, 0.1) is 24.3 Å². The number of hydrogen-bond donors (Lipinski definition) is 10. The van der Waals surface area contributed by atoms with Gasteiger partial charge in [-0.3, -0.25) is 43.5 Å². The molecular weight excluding hydrogens is 644 g/mol. The lowest BCUT2D eigenvalue weighted by Gasteiger charge is -2.22. The Kier molecular flexibility index (Phi) is 17.8. The number of nitrogens with one attached hydrogen (secondary N) is 4. The number of hydrogen-bond acceptors (Lipinski definition) is 12. The Morgan fingerprint density at radius 2 is 1.57 bits per heavy atom. The second-order valence-electron chi connectivity index (χ2n) is 10.6. The fourth-order valence-electron chi connectivity index (χ4n) is 4.14. The standard InChI is InChI=1S/C26H44N10O10S/c1-36-19(38)10-17(24(36)44)47-12-13(28)21(41)34-14(6-4-8-31-26(29)30)22(42)32-11-18(37)33-16(9-20(39)40)23(43)35-15(25(45)46)5-2-3-7-27/h13-17H,2-12,27-28H2,1H3,(H,32,42)(H,33,37)(H,34,41)(H,35,43)(H,39,40)(H,45,46)(H4,29,30,31)/t13-,14-,15-,16-,17?/m0/s1. The molecule has 0 aromatic carbocycles. The van der Waals surface area contributed by atoms with E-state index in [-0.39, 0.29) is 49.8 Å². The van der Waals surface area contributed by atoms with Crippen LogP contribution in [0, 0.1) is 0 Å². The van der Waals surface area contributed by atoms with Crippen LogP contribution in [0.15, 0.2) is 4.99 Å². The summed E-state index contributed by atoms with van der Waals surface area (Å²) < 4.78 is 0. The lowest BCUT2D eigenvalue weighted by molar-refractivity contribution is -0.143. The van der Waals surface area contributed by atoms with Crippen LogP contribution in [0.3, 0.4) is 0 Å². The molecule has 1 unspecified atom stereocenters. The Hall–Kier alpha value is -4.50. The molecule has 1 aliphatic heterocycles. The average molecular weight is 689 g/mol. The molecule has 0 aliphatic carbocycles. The Balaban J connectivity index is 2.84. The van der Waals surface area contributed by atoms with Crippen LogP contribution in [-0.2, 0) is 38.4 Å². The molecular formula is C26H44N10O10S. The summed E-state index contributed by atoms with van der Waals surface area (Å²) in [6, 6.07) is -5.42. The number of amides is 6. The number of aliphatic imine (C=N–C) groups is 1. The third-order valence-corrected chi connectivity index (χ3v) is 8.07. The summed E-state index contributed by atoms with van der Waals surface area (Å²) in [6.07, 6.45) is 0.206. The van der Waals surface area contributed by atoms with Crippen molar-refractivity contribution in [3.05, 3.63) is 0 Å². The highest BCUT2D eigenvalue weighted by molar-refractivity contribution is 8.00. The summed E-state index contributed by atoms with van der Waals surface area (Å²) in [4.78, 5) is 103. The van der Waals surface area contributed by atoms with Crippen LogP contribution in [-0.4, -0.2) is 130 Å². The largest absolute Gasteiger partial charge is 0.481 e. The van der Waals surface area contributed by atoms with Gasteiger partial charge in [-0.05, 0) is 38.6 Å². The fourth-order valence-corrected chi connectivity index (χ4v) is 5.29. The summed E-state index contributed by atoms with van der Waals surface area (Å²) in [5.74, 6) is -7.44. The van der Waals surface area contributed by atoms with Crippen LogP contribution in [0.25, 0.3) is 0 Å². The van der Waals surface area contributed by atoms with Gasteiger partial charge in [-0.1, -0.05) is 0 Å². The minimum Gasteiger partial charge on any atom is -0.481 e. The molecule has 20 nitrogen and oxygen atoms in total. The van der Waals surface area contributed by atoms with E-state index >= 15 is 0 Å². The van der Waals surface area contributed by atoms with Gasteiger partial charge in [-0.25, -0.2) is 4.79 Å². The van der Waals surface area contributed by atoms with Gasteiger partial charge in [0.25, 0.3) is 0 Å². The molecule has 0 aromatic heterocycles. The molecule has 1 fully saturated rings. The maximum absolute atomic E-state index is 13.0. The summed E-state index contributed by atoms with van der Waals surface area (Å²) >= 11 is 1.02. The smallest absolute Gasteiger partial charge is 0.326 e. The number of likely N-dealkylation sites (tertiary alicyclic amines) is 1. The molecule has 6 amide bonds. The lowest BCUT2D eigenvalue weighted by Crippen LogP contribution is -2.55. The Bertz CT molecular complexity index is 1200. The van der Waals surface area contributed by atoms with Crippen molar-refractivity contribution < 1.29 is 48.6 Å². The first-order chi connectivity index (χ1) is 22.1. The molecule has 0 radical (unpaired) electrons. The summed E-state index contributed by atoms with van der Waals surface area (Å²) in [6.45, 7) is -0.333. The second-order valence-corrected chi connectivity index (χ2v) is 11.8. The number of guanidine groups is 1. The number of carboxylic acid groups (broad SMARTS) is 2. The second kappa shape index (κ2) is 20.6.